The summed E-state index contributed by atoms with van der Waals surface area (Å²) >= 11 is 5.83. The maximum Gasteiger partial charge on any atom is 0.271 e. The molecule has 1 amide bonds. The Morgan fingerprint density at radius 2 is 1.86 bits per heavy atom. The van der Waals surface area contributed by atoms with Crippen molar-refractivity contribution in [2.75, 3.05) is 12.4 Å². The van der Waals surface area contributed by atoms with Gasteiger partial charge in [-0.2, -0.15) is 0 Å². The highest BCUT2D eigenvalue weighted by molar-refractivity contribution is 6.30. The van der Waals surface area contributed by atoms with E-state index in [0.29, 0.717) is 10.8 Å². The van der Waals surface area contributed by atoms with Crippen molar-refractivity contribution in [1.82, 2.24) is 15.5 Å². The molecule has 2 rings (SSSR count). The monoisotopic (exact) mass is 320 g/mol. The predicted octanol–water partition coefficient (Wildman–Crippen LogP) is 2.02. The quantitative estimate of drug-likeness (QED) is 0.784. The molecule has 0 aliphatic rings. The number of nitrogens with one attached hydrogen (secondary N) is 2. The molecule has 1 aromatic carbocycles. The molecular weight excluding hydrogens is 304 g/mol. The van der Waals surface area contributed by atoms with E-state index < -0.39 is 6.10 Å². The Balaban J connectivity index is 2.03. The molecule has 3 N–H and O–H groups in total. The first-order chi connectivity index (χ1) is 10.5. The minimum Gasteiger partial charge on any atom is -0.386 e. The molecule has 0 radical (unpaired) electrons. The van der Waals surface area contributed by atoms with Crippen molar-refractivity contribution in [1.29, 1.82) is 0 Å². The van der Waals surface area contributed by atoms with E-state index in [1.54, 1.807) is 36.4 Å². The molecule has 0 fully saturated rings. The van der Waals surface area contributed by atoms with Gasteiger partial charge in [-0.15, -0.1) is 10.2 Å². The molecule has 0 aliphatic carbocycles. The summed E-state index contributed by atoms with van der Waals surface area (Å²) in [6.45, 7) is 1.83. The number of aliphatic hydroxyl groups is 1. The van der Waals surface area contributed by atoms with Crippen molar-refractivity contribution in [2.24, 2.45) is 0 Å². The van der Waals surface area contributed by atoms with Crippen LogP contribution < -0.4 is 10.6 Å². The second-order valence-corrected chi connectivity index (χ2v) is 5.25. The molecule has 0 saturated carbocycles. The zero-order chi connectivity index (χ0) is 16.1. The van der Waals surface area contributed by atoms with Gasteiger partial charge >= 0.3 is 0 Å². The Morgan fingerprint density at radius 3 is 2.41 bits per heavy atom. The number of nitrogens with zero attached hydrogens (tertiary/aromatic N) is 2. The van der Waals surface area contributed by atoms with Gasteiger partial charge in [-0.05, 0) is 36.8 Å². The molecule has 1 aromatic heterocycles. The van der Waals surface area contributed by atoms with E-state index in [1.807, 2.05) is 6.92 Å². The van der Waals surface area contributed by atoms with Crippen LogP contribution in [0.3, 0.4) is 0 Å². The normalized spacial score (nSPS) is 13.3. The van der Waals surface area contributed by atoms with E-state index in [4.69, 9.17) is 11.6 Å². The largest absolute Gasteiger partial charge is 0.386 e. The number of carbonyl (C=O) groups is 1. The topological polar surface area (TPSA) is 87.1 Å². The highest BCUT2D eigenvalue weighted by Gasteiger charge is 2.17. The lowest BCUT2D eigenvalue weighted by Gasteiger charge is -2.21. The Kier molecular flexibility index (Phi) is 5.30. The van der Waals surface area contributed by atoms with Gasteiger partial charge in [-0.3, -0.25) is 4.79 Å². The molecule has 22 heavy (non-hydrogen) atoms. The molecule has 6 nitrogen and oxygen atoms in total. The third-order valence-corrected chi connectivity index (χ3v) is 3.44. The van der Waals surface area contributed by atoms with Gasteiger partial charge in [0.2, 0.25) is 0 Å². The molecule has 7 heteroatoms. The lowest BCUT2D eigenvalue weighted by molar-refractivity contribution is 0.0957. The average Bonchev–Trinajstić information content (AvgIpc) is 2.54. The van der Waals surface area contributed by atoms with Crippen LogP contribution in [0.4, 0.5) is 5.82 Å². The Labute approximate surface area is 133 Å². The fraction of sp³-hybridized carbons (Fsp3) is 0.267. The van der Waals surface area contributed by atoms with Crippen LogP contribution in [0.15, 0.2) is 36.4 Å². The summed E-state index contributed by atoms with van der Waals surface area (Å²) in [5.41, 5.74) is 0.985. The summed E-state index contributed by atoms with van der Waals surface area (Å²) < 4.78 is 0. The van der Waals surface area contributed by atoms with Crippen LogP contribution in [0.2, 0.25) is 5.02 Å². The van der Waals surface area contributed by atoms with Crippen LogP contribution >= 0.6 is 11.6 Å². The van der Waals surface area contributed by atoms with Gasteiger partial charge in [0.05, 0.1) is 12.1 Å². The highest BCUT2D eigenvalue weighted by atomic mass is 35.5. The van der Waals surface area contributed by atoms with Gasteiger partial charge in [0.25, 0.3) is 5.91 Å². The van der Waals surface area contributed by atoms with Crippen LogP contribution in [0.25, 0.3) is 0 Å². The molecule has 0 aliphatic heterocycles. The van der Waals surface area contributed by atoms with E-state index in [9.17, 15) is 9.90 Å². The van der Waals surface area contributed by atoms with Gasteiger partial charge in [-0.1, -0.05) is 23.7 Å². The summed E-state index contributed by atoms with van der Waals surface area (Å²) in [6, 6.07) is 9.91. The molecule has 0 saturated heterocycles. The number of aliphatic hydroxyl groups excluding tert-OH is 1. The van der Waals surface area contributed by atoms with Gasteiger partial charge in [0.1, 0.15) is 5.82 Å². The molecule has 0 spiro atoms. The van der Waals surface area contributed by atoms with E-state index in [1.165, 1.54) is 7.05 Å². The highest BCUT2D eigenvalue weighted by Crippen LogP contribution is 2.21. The lowest BCUT2D eigenvalue weighted by atomic mass is 10.0. The SMILES string of the molecule is CNC(=O)c1ccc(NC(C)C(O)c2ccc(Cl)cc2)nn1. The molecule has 1 heterocycles. The minimum atomic E-state index is -0.724. The Bertz CT molecular complexity index is 631. The fourth-order valence-electron chi connectivity index (χ4n) is 1.92. The third-order valence-electron chi connectivity index (χ3n) is 3.18. The maximum atomic E-state index is 11.4. The zero-order valence-corrected chi connectivity index (χ0v) is 13.0. The van der Waals surface area contributed by atoms with Crippen molar-refractivity contribution in [3.05, 3.63) is 52.7 Å². The summed E-state index contributed by atoms with van der Waals surface area (Å²) in [7, 11) is 1.53. The van der Waals surface area contributed by atoms with Crippen LogP contribution in [-0.4, -0.2) is 34.3 Å². The van der Waals surface area contributed by atoms with Gasteiger partial charge in [0, 0.05) is 12.1 Å². The molecule has 2 unspecified atom stereocenters. The molecule has 0 bridgehead atoms. The number of benzene rings is 1. The van der Waals surface area contributed by atoms with Crippen molar-refractivity contribution >= 4 is 23.3 Å². The lowest BCUT2D eigenvalue weighted by Crippen LogP contribution is -2.25. The molecule has 2 aromatic rings. The fourth-order valence-corrected chi connectivity index (χ4v) is 2.05. The summed E-state index contributed by atoms with van der Waals surface area (Å²) in [6.07, 6.45) is -0.724. The summed E-state index contributed by atoms with van der Waals surface area (Å²) in [5, 5.41) is 24.2. The number of amides is 1. The Morgan fingerprint density at radius 1 is 1.18 bits per heavy atom. The van der Waals surface area contributed by atoms with Gasteiger partial charge < -0.3 is 15.7 Å². The third kappa shape index (κ3) is 3.93. The van der Waals surface area contributed by atoms with E-state index >= 15 is 0 Å². The number of anilines is 1. The van der Waals surface area contributed by atoms with Crippen molar-refractivity contribution < 1.29 is 9.90 Å². The average molecular weight is 321 g/mol. The summed E-state index contributed by atoms with van der Waals surface area (Å²) in [4.78, 5) is 11.4. The molecule has 116 valence electrons. The second-order valence-electron chi connectivity index (χ2n) is 4.81. The van der Waals surface area contributed by atoms with Crippen LogP contribution in [0, 0.1) is 0 Å². The first kappa shape index (κ1) is 16.2. The van der Waals surface area contributed by atoms with E-state index in [2.05, 4.69) is 20.8 Å². The maximum absolute atomic E-state index is 11.4. The Hall–Kier alpha value is -2.18. The van der Waals surface area contributed by atoms with Crippen molar-refractivity contribution in [3.8, 4) is 0 Å². The van der Waals surface area contributed by atoms with E-state index in [0.717, 1.165) is 5.56 Å². The van der Waals surface area contributed by atoms with Crippen LogP contribution in [-0.2, 0) is 0 Å². The van der Waals surface area contributed by atoms with Crippen molar-refractivity contribution in [3.63, 3.8) is 0 Å². The number of carbonyl (C=O) groups excluding carboxylic acids is 1. The number of halogens is 1. The molecule has 2 atom stereocenters. The van der Waals surface area contributed by atoms with E-state index in [-0.39, 0.29) is 17.6 Å². The van der Waals surface area contributed by atoms with Gasteiger partial charge in [-0.25, -0.2) is 0 Å². The van der Waals surface area contributed by atoms with Crippen LogP contribution in [0.1, 0.15) is 29.1 Å². The standard InChI is InChI=1S/C15H17ClN4O2/c1-9(14(21)10-3-5-11(16)6-4-10)18-13-8-7-12(19-20-13)15(22)17-2/h3-9,14,21H,1-2H3,(H,17,22)(H,18,20). The first-order valence-corrected chi connectivity index (χ1v) is 7.15. The summed E-state index contributed by atoms with van der Waals surface area (Å²) in [5.74, 6) is 0.182. The number of rotatable bonds is 5. The molecular formula is C15H17ClN4O2. The predicted molar refractivity (Wildman–Crippen MR) is 84.9 cm³/mol. The number of aromatic nitrogens is 2. The zero-order valence-electron chi connectivity index (χ0n) is 12.2. The van der Waals surface area contributed by atoms with Gasteiger partial charge in [0.15, 0.2) is 5.69 Å². The van der Waals surface area contributed by atoms with Crippen LogP contribution in [0.5, 0.6) is 0 Å². The first-order valence-electron chi connectivity index (χ1n) is 6.77. The number of hydrogen-bond acceptors (Lipinski definition) is 5. The van der Waals surface area contributed by atoms with Crippen molar-refractivity contribution in [2.45, 2.75) is 19.1 Å². The number of hydrogen-bond donors (Lipinski definition) is 3. The minimum absolute atomic E-state index is 0.235. The second kappa shape index (κ2) is 7.20. The smallest absolute Gasteiger partial charge is 0.271 e.